The van der Waals surface area contributed by atoms with Gasteiger partial charge in [-0.1, -0.05) is 60.7 Å². The number of carbonyl (C=O) groups excluding carboxylic acids is 3. The smallest absolute Gasteiger partial charge is 0.408 e. The van der Waals surface area contributed by atoms with E-state index in [1.54, 1.807) is 46.4 Å². The molecule has 228 valence electrons. The Kier molecular flexibility index (Phi) is 9.79. The maximum Gasteiger partial charge on any atom is 0.408 e. The lowest BCUT2D eigenvalue weighted by Crippen LogP contribution is -2.50. The fraction of sp³-hybridized carbons (Fsp3) is 0.400. The van der Waals surface area contributed by atoms with E-state index in [9.17, 15) is 14.4 Å². The molecule has 1 aliphatic rings. The molecular formula is C35H42N2O6. The number of ether oxygens (including phenoxy) is 3. The number of nitrogens with zero attached hydrogens (tertiary/aromatic N) is 1. The zero-order valence-corrected chi connectivity index (χ0v) is 25.9. The van der Waals surface area contributed by atoms with Crippen molar-refractivity contribution in [3.8, 4) is 16.9 Å². The van der Waals surface area contributed by atoms with Crippen molar-refractivity contribution in [1.29, 1.82) is 0 Å². The zero-order chi connectivity index (χ0) is 31.2. The third-order valence-electron chi connectivity index (χ3n) is 6.74. The molecule has 3 aromatic rings. The Bertz CT molecular complexity index is 1390. The number of hydrogen-bond donors (Lipinski definition) is 1. The maximum absolute atomic E-state index is 13.8. The van der Waals surface area contributed by atoms with Crippen LogP contribution < -0.4 is 15.0 Å². The average Bonchev–Trinajstić information content (AvgIpc) is 3.36. The molecule has 1 N–H and O–H groups in total. The van der Waals surface area contributed by atoms with Gasteiger partial charge >= 0.3 is 12.1 Å². The molecule has 0 unspecified atom stereocenters. The molecule has 0 saturated carbocycles. The minimum atomic E-state index is -1.15. The highest BCUT2D eigenvalue weighted by atomic mass is 16.6. The molecule has 0 bridgehead atoms. The first-order chi connectivity index (χ1) is 20.3. The number of benzene rings is 3. The fourth-order valence-electron chi connectivity index (χ4n) is 4.93. The normalized spacial score (nSPS) is 13.6. The molecule has 0 radical (unpaired) electrons. The maximum atomic E-state index is 13.8. The highest BCUT2D eigenvalue weighted by molar-refractivity contribution is 6.02. The summed E-state index contributed by atoms with van der Waals surface area (Å²) >= 11 is 0. The third-order valence-corrected chi connectivity index (χ3v) is 6.74. The van der Waals surface area contributed by atoms with Gasteiger partial charge < -0.3 is 24.4 Å². The molecule has 0 saturated heterocycles. The first kappa shape index (κ1) is 31.6. The number of fused-ring (bicyclic) bond motifs is 1. The van der Waals surface area contributed by atoms with Gasteiger partial charge in [-0.3, -0.25) is 9.59 Å². The van der Waals surface area contributed by atoms with E-state index in [-0.39, 0.29) is 6.42 Å². The van der Waals surface area contributed by atoms with Crippen LogP contribution in [0.25, 0.3) is 11.1 Å². The topological polar surface area (TPSA) is 94.2 Å². The number of esters is 1. The van der Waals surface area contributed by atoms with Gasteiger partial charge in [-0.2, -0.15) is 0 Å². The van der Waals surface area contributed by atoms with Gasteiger partial charge in [0.25, 0.3) is 0 Å². The molecule has 0 fully saturated rings. The van der Waals surface area contributed by atoms with Crippen molar-refractivity contribution in [2.45, 2.75) is 78.0 Å². The van der Waals surface area contributed by atoms with E-state index in [1.807, 2.05) is 36.4 Å². The number of alkyl carbamates (subject to hydrolysis) is 1. The summed E-state index contributed by atoms with van der Waals surface area (Å²) in [4.78, 5) is 40.6. The van der Waals surface area contributed by atoms with Crippen molar-refractivity contribution < 1.29 is 28.6 Å². The van der Waals surface area contributed by atoms with Gasteiger partial charge in [0.2, 0.25) is 5.91 Å². The Morgan fingerprint density at radius 3 is 2.12 bits per heavy atom. The summed E-state index contributed by atoms with van der Waals surface area (Å²) in [5.41, 5.74) is 3.65. The van der Waals surface area contributed by atoms with Crippen LogP contribution in [0.1, 0.15) is 59.1 Å². The Balaban J connectivity index is 1.43. The molecule has 1 aliphatic heterocycles. The number of amides is 2. The number of anilines is 1. The lowest BCUT2D eigenvalue weighted by atomic mass is 10.0. The van der Waals surface area contributed by atoms with Crippen LogP contribution in [-0.2, 0) is 31.9 Å². The largest absolute Gasteiger partial charge is 0.493 e. The third kappa shape index (κ3) is 9.08. The van der Waals surface area contributed by atoms with Crippen molar-refractivity contribution in [3.05, 3.63) is 83.9 Å². The summed E-state index contributed by atoms with van der Waals surface area (Å²) in [6.07, 6.45) is 0.233. The number of rotatable bonds is 9. The Morgan fingerprint density at radius 2 is 1.47 bits per heavy atom. The standard InChI is InChI=1S/C35H42N2O6/c1-34(2,3)42-31(38)23-28(36-33(40)43-35(4,5)6)32(39)37-21-19-27-29(37)13-10-14-30(27)41-22-20-24-15-17-26(18-16-24)25-11-8-7-9-12-25/h7-18,28H,19-23H2,1-6H3,(H,36,40)/t28-/m0/s1. The molecule has 0 spiro atoms. The minimum Gasteiger partial charge on any atom is -0.493 e. The molecule has 8 heteroatoms. The fourth-order valence-corrected chi connectivity index (χ4v) is 4.93. The van der Waals surface area contributed by atoms with Crippen LogP contribution in [0.5, 0.6) is 5.75 Å². The molecule has 2 amide bonds. The zero-order valence-electron chi connectivity index (χ0n) is 25.9. The van der Waals surface area contributed by atoms with E-state index in [1.165, 1.54) is 16.7 Å². The van der Waals surface area contributed by atoms with Crippen molar-refractivity contribution in [1.82, 2.24) is 5.32 Å². The summed E-state index contributed by atoms with van der Waals surface area (Å²) in [5.74, 6) is -0.279. The lowest BCUT2D eigenvalue weighted by Gasteiger charge is -2.27. The van der Waals surface area contributed by atoms with E-state index in [4.69, 9.17) is 14.2 Å². The average molecular weight is 587 g/mol. The van der Waals surface area contributed by atoms with Crippen LogP contribution in [-0.4, -0.2) is 48.4 Å². The minimum absolute atomic E-state index is 0.319. The first-order valence-corrected chi connectivity index (χ1v) is 14.7. The summed E-state index contributed by atoms with van der Waals surface area (Å²) < 4.78 is 17.0. The highest BCUT2D eigenvalue weighted by Gasteiger charge is 2.35. The van der Waals surface area contributed by atoms with E-state index in [0.29, 0.717) is 25.3 Å². The van der Waals surface area contributed by atoms with Gasteiger partial charge in [0.05, 0.1) is 18.7 Å². The van der Waals surface area contributed by atoms with Gasteiger partial charge in [0, 0.05) is 18.5 Å². The second-order valence-corrected chi connectivity index (χ2v) is 12.6. The van der Waals surface area contributed by atoms with E-state index >= 15 is 0 Å². The van der Waals surface area contributed by atoms with Crippen LogP contribution in [0.3, 0.4) is 0 Å². The van der Waals surface area contributed by atoms with Crippen molar-refractivity contribution >= 4 is 23.7 Å². The van der Waals surface area contributed by atoms with Gasteiger partial charge in [-0.25, -0.2) is 4.79 Å². The Labute approximate surface area is 254 Å². The lowest BCUT2D eigenvalue weighted by molar-refractivity contribution is -0.156. The number of carbonyl (C=O) groups is 3. The van der Waals surface area contributed by atoms with E-state index < -0.39 is 35.2 Å². The second kappa shape index (κ2) is 13.3. The molecular weight excluding hydrogens is 544 g/mol. The quantitative estimate of drug-likeness (QED) is 0.288. The molecule has 0 aromatic heterocycles. The molecule has 0 aliphatic carbocycles. The van der Waals surface area contributed by atoms with Crippen molar-refractivity contribution in [2.75, 3.05) is 18.1 Å². The Hall–Kier alpha value is -4.33. The molecule has 4 rings (SSSR count). The van der Waals surface area contributed by atoms with Gasteiger partial charge in [-0.05, 0) is 76.8 Å². The van der Waals surface area contributed by atoms with Crippen molar-refractivity contribution in [2.24, 2.45) is 0 Å². The molecule has 1 atom stereocenters. The van der Waals surface area contributed by atoms with Crippen LogP contribution in [0.4, 0.5) is 10.5 Å². The molecule has 43 heavy (non-hydrogen) atoms. The van der Waals surface area contributed by atoms with Crippen molar-refractivity contribution in [3.63, 3.8) is 0 Å². The predicted molar refractivity (Wildman–Crippen MR) is 167 cm³/mol. The molecule has 1 heterocycles. The van der Waals surface area contributed by atoms with Gasteiger partial charge in [0.1, 0.15) is 23.0 Å². The van der Waals surface area contributed by atoms with Gasteiger partial charge in [-0.15, -0.1) is 0 Å². The molecule has 8 nitrogen and oxygen atoms in total. The Morgan fingerprint density at radius 1 is 0.814 bits per heavy atom. The number of nitrogens with one attached hydrogen (secondary N) is 1. The SMILES string of the molecule is CC(C)(C)OC(=O)C[C@H](NC(=O)OC(C)(C)C)C(=O)N1CCc2c(OCCc3ccc(-c4ccccc4)cc3)cccc21. The van der Waals surface area contributed by atoms with E-state index in [0.717, 1.165) is 17.7 Å². The second-order valence-electron chi connectivity index (χ2n) is 12.6. The van der Waals surface area contributed by atoms with E-state index in [2.05, 4.69) is 41.7 Å². The van der Waals surface area contributed by atoms with Gasteiger partial charge in [0.15, 0.2) is 0 Å². The van der Waals surface area contributed by atoms with Crippen LogP contribution in [0, 0.1) is 0 Å². The highest BCUT2D eigenvalue weighted by Crippen LogP contribution is 2.36. The summed E-state index contributed by atoms with van der Waals surface area (Å²) in [5, 5.41) is 2.59. The van der Waals surface area contributed by atoms with Crippen LogP contribution >= 0.6 is 0 Å². The molecule has 3 aromatic carbocycles. The van der Waals surface area contributed by atoms with Crippen LogP contribution in [0.2, 0.25) is 0 Å². The summed E-state index contributed by atoms with van der Waals surface area (Å²) in [7, 11) is 0. The van der Waals surface area contributed by atoms with Crippen LogP contribution in [0.15, 0.2) is 72.8 Å². The summed E-state index contributed by atoms with van der Waals surface area (Å²) in [6, 6.07) is 23.2. The summed E-state index contributed by atoms with van der Waals surface area (Å²) in [6.45, 7) is 11.3. The first-order valence-electron chi connectivity index (χ1n) is 14.7. The number of hydrogen-bond acceptors (Lipinski definition) is 6. The predicted octanol–water partition coefficient (Wildman–Crippen LogP) is 6.49. The monoisotopic (exact) mass is 586 g/mol.